The average Bonchev–Trinajstić information content (AvgIpc) is 1.35. The van der Waals surface area contributed by atoms with Crippen LogP contribution in [0.2, 0.25) is 0 Å². The molecule has 0 saturated carbocycles. The molecule has 0 spiro atoms. The van der Waals surface area contributed by atoms with Crippen LogP contribution in [-0.4, -0.2) is 12.0 Å². The fraction of sp³-hybridized carbons (Fsp3) is 1.00. The van der Waals surface area contributed by atoms with Crippen molar-refractivity contribution in [3.63, 3.8) is 0 Å². The number of hydrogen-bond acceptors (Lipinski definition) is 2. The van der Waals surface area contributed by atoms with E-state index in [0.29, 0.717) is 0 Å². The summed E-state index contributed by atoms with van der Waals surface area (Å²) >= 11 is 4.61. The first-order valence-corrected chi connectivity index (χ1v) is 3.62. The Balaban J connectivity index is 0. The van der Waals surface area contributed by atoms with Crippen LogP contribution in [-0.2, 0) is 41.8 Å². The maximum Gasteiger partial charge on any atom is 0.421 e. The summed E-state index contributed by atoms with van der Waals surface area (Å²) in [5.74, 6) is 0. The van der Waals surface area contributed by atoms with Crippen molar-refractivity contribution in [2.75, 3.05) is 7.11 Å². The second-order valence-corrected chi connectivity index (χ2v) is 3.18. The van der Waals surface area contributed by atoms with Crippen molar-refractivity contribution in [3.05, 3.63) is 0 Å². The third-order valence-corrected chi connectivity index (χ3v) is 1.09. The van der Waals surface area contributed by atoms with Crippen LogP contribution in [0.5, 0.6) is 0 Å². The van der Waals surface area contributed by atoms with E-state index in [0.717, 1.165) is 7.11 Å². The van der Waals surface area contributed by atoms with Gasteiger partial charge in [-0.05, 0) is 0 Å². The second kappa shape index (κ2) is 4.43. The fourth-order valence-electron chi connectivity index (χ4n) is 0. The van der Waals surface area contributed by atoms with Gasteiger partial charge in [0.25, 0.3) is 0 Å². The predicted octanol–water partition coefficient (Wildman–Crippen LogP) is 0.969. The van der Waals surface area contributed by atoms with Gasteiger partial charge in [0.05, 0.1) is 0 Å². The van der Waals surface area contributed by atoms with Crippen LogP contribution in [0.25, 0.3) is 0 Å². The van der Waals surface area contributed by atoms with Gasteiger partial charge in [-0.25, -0.2) is 4.57 Å². The molecule has 0 rings (SSSR count). The summed E-state index contributed by atoms with van der Waals surface area (Å²) in [6.07, 6.45) is 0. The summed E-state index contributed by atoms with van der Waals surface area (Å²) in [7, 11) is 1.06. The second-order valence-electron chi connectivity index (χ2n) is 0.634. The third kappa shape index (κ3) is 11.2. The van der Waals surface area contributed by atoms with Gasteiger partial charge >= 0.3 is 6.95 Å². The Morgan fingerprint density at radius 1 is 1.86 bits per heavy atom. The zero-order valence-electron chi connectivity index (χ0n) is 3.67. The van der Waals surface area contributed by atoms with Gasteiger partial charge in [0, 0.05) is 51.1 Å². The molecule has 0 fully saturated rings. The quantitative estimate of drug-likeness (QED) is 0.669. The summed E-state index contributed by atoms with van der Waals surface area (Å²) in [6, 6.07) is 0. The molecule has 0 amide bonds. The smallest absolute Gasteiger partial charge is 0.313 e. The molecule has 41 valence electrons. The molecule has 3 nitrogen and oxygen atoms in total. The van der Waals surface area contributed by atoms with Gasteiger partial charge < -0.3 is 9.42 Å². The molecule has 0 aromatic heterocycles. The largest absolute Gasteiger partial charge is 0.421 e. The minimum Gasteiger partial charge on any atom is -0.313 e. The third-order valence-electron chi connectivity index (χ3n) is 0.225. The van der Waals surface area contributed by atoms with Gasteiger partial charge in [0.15, 0.2) is 0 Å². The van der Waals surface area contributed by atoms with E-state index in [-0.39, 0.29) is 32.7 Å². The molecule has 1 atom stereocenters. The predicted molar refractivity (Wildman–Crippen MR) is 22.7 cm³/mol. The first kappa shape index (κ1) is 11.4. The molecule has 0 aliphatic carbocycles. The van der Waals surface area contributed by atoms with Gasteiger partial charge in [-0.15, -0.1) is 0 Å². The van der Waals surface area contributed by atoms with Crippen LogP contribution >= 0.6 is 18.2 Å². The monoisotopic (exact) mass is 219 g/mol. The van der Waals surface area contributed by atoms with E-state index in [1.807, 2.05) is 0 Å². The van der Waals surface area contributed by atoms with Gasteiger partial charge in [-0.2, -0.15) is 0 Å². The molecule has 1 unspecified atom stereocenters. The molecule has 1 N–H and O–H groups in total. The maximum absolute atomic E-state index is 9.68. The molecule has 0 heterocycles. The van der Waals surface area contributed by atoms with E-state index >= 15 is 0 Å². The van der Waals surface area contributed by atoms with Crippen molar-refractivity contribution in [2.24, 2.45) is 0 Å². The summed E-state index contributed by atoms with van der Waals surface area (Å²) in [4.78, 5) is 7.93. The summed E-state index contributed by atoms with van der Waals surface area (Å²) in [6.45, 7) is -3.67. The van der Waals surface area contributed by atoms with Crippen molar-refractivity contribution in [3.8, 4) is 0 Å². The minimum absolute atomic E-state index is 0. The van der Waals surface area contributed by atoms with Crippen LogP contribution in [0.3, 0.4) is 0 Å². The normalized spacial score (nSPS) is 17.0. The van der Waals surface area contributed by atoms with E-state index in [2.05, 4.69) is 15.8 Å². The minimum atomic E-state index is -3.67. The molecule has 6 heteroatoms. The molecule has 1 radical (unpaired) electrons. The van der Waals surface area contributed by atoms with Gasteiger partial charge in [0.1, 0.15) is 0 Å². The summed E-state index contributed by atoms with van der Waals surface area (Å²) < 4.78 is 13.5. The Labute approximate surface area is 71.6 Å². The molecule has 0 aromatic rings. The summed E-state index contributed by atoms with van der Waals surface area (Å²) in [5.41, 5.74) is 0. The molecule has 0 aromatic carbocycles. The van der Waals surface area contributed by atoms with E-state index in [1.54, 1.807) is 0 Å². The first-order chi connectivity index (χ1) is 2.56. The Hall–Kier alpha value is 1.54. The van der Waals surface area contributed by atoms with Crippen molar-refractivity contribution in [2.45, 2.75) is 0 Å². The average molecular weight is 219 g/mol. The Kier molecular flexibility index (Phi) is 7.18. The number of rotatable bonds is 1. The molecule has 0 saturated heterocycles. The fourth-order valence-corrected chi connectivity index (χ4v) is 0. The topological polar surface area (TPSA) is 46.5 Å². The van der Waals surface area contributed by atoms with Crippen LogP contribution in [0, 0.1) is 0 Å². The zero-order chi connectivity index (χ0) is 5.21. The van der Waals surface area contributed by atoms with E-state index in [1.165, 1.54) is 0 Å². The van der Waals surface area contributed by atoms with Crippen molar-refractivity contribution in [1.82, 2.24) is 0 Å². The van der Waals surface area contributed by atoms with Crippen LogP contribution < -0.4 is 0 Å². The Morgan fingerprint density at radius 3 is 2.00 bits per heavy atom. The Bertz CT molecular complexity index is 79.0. The summed E-state index contributed by atoms with van der Waals surface area (Å²) in [5, 5.41) is 0. The van der Waals surface area contributed by atoms with Crippen LogP contribution in [0.4, 0.5) is 0 Å². The van der Waals surface area contributed by atoms with E-state index in [4.69, 9.17) is 4.89 Å². The number of halogens is 1. The molecule has 0 aliphatic heterocycles. The standard InChI is InChI=1S/CH4ClO3P.Y/c1-5-6(2,3)4;/h1H3,(H,3,4);. The first-order valence-electron chi connectivity index (χ1n) is 1.14. The van der Waals surface area contributed by atoms with Gasteiger partial charge in [-0.3, -0.25) is 0 Å². The molecule has 0 aliphatic rings. The molecular weight excluding hydrogens is 215 g/mol. The van der Waals surface area contributed by atoms with Crippen LogP contribution in [0.1, 0.15) is 0 Å². The van der Waals surface area contributed by atoms with Gasteiger partial charge in [-0.1, -0.05) is 0 Å². The van der Waals surface area contributed by atoms with E-state index < -0.39 is 6.95 Å². The Morgan fingerprint density at radius 2 is 2.00 bits per heavy atom. The van der Waals surface area contributed by atoms with Crippen LogP contribution in [0.15, 0.2) is 0 Å². The molecular formula is CH4ClO3PY. The number of hydrogen-bond donors (Lipinski definition) is 1. The van der Waals surface area contributed by atoms with Gasteiger partial charge in [0.2, 0.25) is 0 Å². The zero-order valence-corrected chi connectivity index (χ0v) is 8.15. The van der Waals surface area contributed by atoms with Crippen molar-refractivity contribution >= 4 is 18.2 Å². The molecule has 0 bridgehead atoms. The van der Waals surface area contributed by atoms with E-state index in [9.17, 15) is 4.57 Å². The maximum atomic E-state index is 9.68. The van der Waals surface area contributed by atoms with Crippen molar-refractivity contribution < 1.29 is 46.7 Å². The van der Waals surface area contributed by atoms with Crippen molar-refractivity contribution in [1.29, 1.82) is 0 Å². The SMILES string of the molecule is COP(=O)(O)Cl.[Y]. The molecule has 7 heavy (non-hydrogen) atoms.